The highest BCUT2D eigenvalue weighted by Gasteiger charge is 2.30. The third-order valence-corrected chi connectivity index (χ3v) is 5.32. The van der Waals surface area contributed by atoms with Crippen molar-refractivity contribution in [2.45, 2.75) is 32.6 Å². The number of benzene rings is 1. The van der Waals surface area contributed by atoms with Crippen LogP contribution in [0.1, 0.15) is 40.6 Å². The molecule has 2 aromatic rings. The van der Waals surface area contributed by atoms with Crippen LogP contribution in [0.5, 0.6) is 5.75 Å². The van der Waals surface area contributed by atoms with Crippen molar-refractivity contribution >= 4 is 33.8 Å². The van der Waals surface area contributed by atoms with Crippen LogP contribution in [0.4, 0.5) is 10.7 Å². The van der Waals surface area contributed by atoms with E-state index in [4.69, 9.17) is 5.73 Å². The van der Waals surface area contributed by atoms with E-state index in [1.807, 2.05) is 0 Å². The van der Waals surface area contributed by atoms with Gasteiger partial charge in [0.05, 0.1) is 11.3 Å². The van der Waals surface area contributed by atoms with Crippen molar-refractivity contribution in [1.29, 1.82) is 0 Å². The first-order chi connectivity index (χ1) is 11.0. The first-order valence-corrected chi connectivity index (χ1v) is 8.35. The van der Waals surface area contributed by atoms with E-state index >= 15 is 0 Å². The van der Waals surface area contributed by atoms with Crippen LogP contribution < -0.4 is 10.6 Å². The van der Waals surface area contributed by atoms with Crippen LogP contribution in [0, 0.1) is 0 Å². The van der Waals surface area contributed by atoms with Gasteiger partial charge in [-0.2, -0.15) is 0 Å². The molecule has 120 valence electrons. The second-order valence-corrected chi connectivity index (χ2v) is 6.68. The predicted octanol–water partition coefficient (Wildman–Crippen LogP) is 3.12. The molecule has 0 unspecified atom stereocenters. The monoisotopic (exact) mass is 330 g/mol. The largest absolute Gasteiger partial charge is 0.506 e. The molecule has 0 saturated heterocycles. The normalized spacial score (nSPS) is 13.4. The molecule has 5 nitrogen and oxygen atoms in total. The molecule has 0 spiro atoms. The van der Waals surface area contributed by atoms with Crippen molar-refractivity contribution in [3.63, 3.8) is 0 Å². The average Bonchev–Trinajstić information content (AvgIpc) is 2.88. The Labute approximate surface area is 138 Å². The number of primary amides is 1. The zero-order chi connectivity index (χ0) is 16.6. The molecule has 3 N–H and O–H groups in total. The highest BCUT2D eigenvalue weighted by Crippen LogP contribution is 2.44. The Balaban J connectivity index is 2.22. The van der Waals surface area contributed by atoms with Crippen molar-refractivity contribution in [2.24, 2.45) is 5.73 Å². The second kappa shape index (κ2) is 6.04. The van der Waals surface area contributed by atoms with E-state index in [2.05, 4.69) is 0 Å². The Morgan fingerprint density at radius 2 is 1.91 bits per heavy atom. The Morgan fingerprint density at radius 3 is 2.57 bits per heavy atom. The molecule has 0 atom stereocenters. The van der Waals surface area contributed by atoms with Gasteiger partial charge in [-0.15, -0.1) is 11.3 Å². The first kappa shape index (κ1) is 15.6. The number of carbonyl (C=O) groups excluding carboxylic acids is 2. The lowest BCUT2D eigenvalue weighted by Crippen LogP contribution is -2.25. The molecule has 0 aliphatic heterocycles. The van der Waals surface area contributed by atoms with Gasteiger partial charge in [0, 0.05) is 11.8 Å². The lowest BCUT2D eigenvalue weighted by Gasteiger charge is -2.21. The third kappa shape index (κ3) is 2.70. The number of phenols is 1. The Bertz CT molecular complexity index is 782. The third-order valence-electron chi connectivity index (χ3n) is 4.04. The number of phenolic OH excluding ortho intramolecular Hbond substituents is 1. The molecular formula is C17H18N2O3S. The number of fused-ring (bicyclic) bond motifs is 1. The predicted molar refractivity (Wildman–Crippen MR) is 90.4 cm³/mol. The van der Waals surface area contributed by atoms with Gasteiger partial charge in [-0.3, -0.25) is 14.5 Å². The van der Waals surface area contributed by atoms with Gasteiger partial charge < -0.3 is 10.8 Å². The maximum Gasteiger partial charge on any atom is 0.252 e. The number of aromatic hydroxyl groups is 1. The first-order valence-electron chi connectivity index (χ1n) is 7.53. The minimum atomic E-state index is -0.527. The number of amides is 2. The van der Waals surface area contributed by atoms with Crippen molar-refractivity contribution in [1.82, 2.24) is 0 Å². The average molecular weight is 330 g/mol. The van der Waals surface area contributed by atoms with E-state index in [0.29, 0.717) is 16.3 Å². The number of nitrogens with zero attached hydrogens (tertiary/aromatic N) is 1. The van der Waals surface area contributed by atoms with Gasteiger partial charge in [-0.25, -0.2) is 0 Å². The number of hydrogen-bond acceptors (Lipinski definition) is 4. The maximum atomic E-state index is 12.3. The maximum absolute atomic E-state index is 12.3. The molecule has 0 bridgehead atoms. The molecule has 1 aliphatic carbocycles. The van der Waals surface area contributed by atoms with Crippen LogP contribution in [0.15, 0.2) is 24.3 Å². The molecule has 3 rings (SSSR count). The molecule has 1 aliphatic rings. The summed E-state index contributed by atoms with van der Waals surface area (Å²) in [4.78, 5) is 26.8. The summed E-state index contributed by atoms with van der Waals surface area (Å²) in [7, 11) is 0. The Kier molecular flexibility index (Phi) is 4.09. The van der Waals surface area contributed by atoms with Crippen molar-refractivity contribution in [2.75, 3.05) is 4.90 Å². The second-order valence-electron chi connectivity index (χ2n) is 5.60. The number of rotatable bonds is 3. The van der Waals surface area contributed by atoms with Gasteiger partial charge in [-0.1, -0.05) is 12.1 Å². The lowest BCUT2D eigenvalue weighted by molar-refractivity contribution is -0.115. The summed E-state index contributed by atoms with van der Waals surface area (Å²) in [6.45, 7) is 1.41. The summed E-state index contributed by atoms with van der Waals surface area (Å²) in [6, 6.07) is 6.59. The summed E-state index contributed by atoms with van der Waals surface area (Å²) >= 11 is 1.42. The van der Waals surface area contributed by atoms with Crippen LogP contribution in [0.25, 0.3) is 0 Å². The Morgan fingerprint density at radius 1 is 1.22 bits per heavy atom. The van der Waals surface area contributed by atoms with Crippen LogP contribution in [0.3, 0.4) is 0 Å². The molecule has 1 aromatic heterocycles. The molecule has 0 fully saturated rings. The topological polar surface area (TPSA) is 83.6 Å². The van der Waals surface area contributed by atoms with Gasteiger partial charge in [0.1, 0.15) is 10.8 Å². The van der Waals surface area contributed by atoms with Crippen molar-refractivity contribution in [3.05, 3.63) is 40.3 Å². The van der Waals surface area contributed by atoms with Gasteiger partial charge in [-0.05, 0) is 43.4 Å². The SMILES string of the molecule is CC(=O)N(c1ccccc1O)c1sc2c(c1C(N)=O)CCCC2. The van der Waals surface area contributed by atoms with E-state index < -0.39 is 5.91 Å². The van der Waals surface area contributed by atoms with Gasteiger partial charge >= 0.3 is 0 Å². The number of aryl methyl sites for hydroxylation is 1. The summed E-state index contributed by atoms with van der Waals surface area (Å²) in [5.74, 6) is -0.807. The molecule has 0 radical (unpaired) electrons. The van der Waals surface area contributed by atoms with Crippen LogP contribution >= 0.6 is 11.3 Å². The summed E-state index contributed by atoms with van der Waals surface area (Å²) in [5.41, 5.74) is 7.35. The minimum Gasteiger partial charge on any atom is -0.506 e. The highest BCUT2D eigenvalue weighted by molar-refractivity contribution is 7.17. The highest BCUT2D eigenvalue weighted by atomic mass is 32.1. The summed E-state index contributed by atoms with van der Waals surface area (Å²) in [6.07, 6.45) is 3.78. The van der Waals surface area contributed by atoms with Crippen LogP contribution in [0.2, 0.25) is 0 Å². The van der Waals surface area contributed by atoms with Gasteiger partial charge in [0.25, 0.3) is 5.91 Å². The molecule has 0 saturated carbocycles. The molecule has 23 heavy (non-hydrogen) atoms. The number of hydrogen-bond donors (Lipinski definition) is 2. The zero-order valence-corrected chi connectivity index (χ0v) is 13.7. The number of para-hydroxylation sites is 2. The minimum absolute atomic E-state index is 0.00973. The van der Waals surface area contributed by atoms with Crippen LogP contribution in [-0.4, -0.2) is 16.9 Å². The zero-order valence-electron chi connectivity index (χ0n) is 12.8. The Hall–Kier alpha value is -2.34. The molecule has 1 heterocycles. The summed E-state index contributed by atoms with van der Waals surface area (Å²) < 4.78 is 0. The van der Waals surface area contributed by atoms with E-state index in [1.165, 1.54) is 29.2 Å². The molecule has 2 amide bonds. The fourth-order valence-corrected chi connectivity index (χ4v) is 4.49. The number of thiophene rings is 1. The van der Waals surface area contributed by atoms with Gasteiger partial charge in [0.2, 0.25) is 5.91 Å². The number of anilines is 2. The van der Waals surface area contributed by atoms with Gasteiger partial charge in [0.15, 0.2) is 0 Å². The smallest absolute Gasteiger partial charge is 0.252 e. The molecule has 1 aromatic carbocycles. The molecular weight excluding hydrogens is 312 g/mol. The molecule has 6 heteroatoms. The van der Waals surface area contributed by atoms with Crippen LogP contribution in [-0.2, 0) is 17.6 Å². The standard InChI is InChI=1S/C17H18N2O3S/c1-10(20)19(12-7-3-4-8-13(12)21)17-15(16(18)22)11-6-2-5-9-14(11)23-17/h3-4,7-8,21H,2,5-6,9H2,1H3,(H2,18,22). The number of nitrogens with two attached hydrogens (primary N) is 1. The lowest BCUT2D eigenvalue weighted by atomic mass is 9.95. The quantitative estimate of drug-likeness (QED) is 0.907. The van der Waals surface area contributed by atoms with Crippen molar-refractivity contribution < 1.29 is 14.7 Å². The van der Waals surface area contributed by atoms with Crippen molar-refractivity contribution in [3.8, 4) is 5.75 Å². The van der Waals surface area contributed by atoms with E-state index in [9.17, 15) is 14.7 Å². The fourth-order valence-electron chi connectivity index (χ4n) is 3.04. The number of carbonyl (C=O) groups is 2. The fraction of sp³-hybridized carbons (Fsp3) is 0.294. The van der Waals surface area contributed by atoms with E-state index in [-0.39, 0.29) is 11.7 Å². The van der Waals surface area contributed by atoms with E-state index in [0.717, 1.165) is 36.1 Å². The van der Waals surface area contributed by atoms with E-state index in [1.54, 1.807) is 18.2 Å². The summed E-state index contributed by atoms with van der Waals surface area (Å²) in [5, 5.41) is 10.6.